The van der Waals surface area contributed by atoms with Gasteiger partial charge in [-0.15, -0.1) is 0 Å². The predicted octanol–water partition coefficient (Wildman–Crippen LogP) is 2.92. The molecule has 5 nitrogen and oxygen atoms in total. The zero-order valence-electron chi connectivity index (χ0n) is 14.3. The molecular formula is C19H21ClN2O3. The third-order valence-corrected chi connectivity index (χ3v) is 4.05. The van der Waals surface area contributed by atoms with Gasteiger partial charge in [-0.3, -0.25) is 9.59 Å². The first-order valence-corrected chi connectivity index (χ1v) is 8.32. The minimum atomic E-state index is -0.372. The van der Waals surface area contributed by atoms with E-state index in [1.807, 2.05) is 31.2 Å². The number of carbonyl (C=O) groups is 2. The number of rotatable bonds is 7. The van der Waals surface area contributed by atoms with Crippen LogP contribution < -0.4 is 10.1 Å². The van der Waals surface area contributed by atoms with Crippen molar-refractivity contribution < 1.29 is 14.3 Å². The molecule has 0 unspecified atom stereocenters. The molecule has 0 aromatic heterocycles. The number of likely N-dealkylation sites (N-methyl/N-ethyl adjacent to an activating group) is 1. The Bertz CT molecular complexity index is 749. The normalized spacial score (nSPS) is 10.2. The largest absolute Gasteiger partial charge is 0.491 e. The Kier molecular flexibility index (Phi) is 6.83. The van der Waals surface area contributed by atoms with Crippen molar-refractivity contribution in [3.05, 3.63) is 64.7 Å². The molecule has 0 aliphatic rings. The molecule has 132 valence electrons. The summed E-state index contributed by atoms with van der Waals surface area (Å²) < 4.78 is 5.67. The van der Waals surface area contributed by atoms with E-state index in [9.17, 15) is 9.59 Å². The molecule has 0 aliphatic heterocycles. The number of benzene rings is 2. The predicted molar refractivity (Wildman–Crippen MR) is 98.1 cm³/mol. The molecule has 0 saturated heterocycles. The van der Waals surface area contributed by atoms with Crippen molar-refractivity contribution in [3.8, 4) is 5.75 Å². The van der Waals surface area contributed by atoms with Gasteiger partial charge in [0.05, 0.1) is 23.7 Å². The van der Waals surface area contributed by atoms with E-state index in [0.717, 1.165) is 11.3 Å². The summed E-state index contributed by atoms with van der Waals surface area (Å²) >= 11 is 5.96. The van der Waals surface area contributed by atoms with Crippen LogP contribution in [0.25, 0.3) is 0 Å². The zero-order chi connectivity index (χ0) is 18.2. The molecule has 2 amide bonds. The molecule has 0 heterocycles. The van der Waals surface area contributed by atoms with Gasteiger partial charge in [0.2, 0.25) is 5.91 Å². The van der Waals surface area contributed by atoms with Crippen LogP contribution in [0.5, 0.6) is 5.75 Å². The second-order valence-electron chi connectivity index (χ2n) is 5.59. The molecular weight excluding hydrogens is 340 g/mol. The van der Waals surface area contributed by atoms with Crippen molar-refractivity contribution in [3.63, 3.8) is 0 Å². The Morgan fingerprint density at radius 3 is 2.52 bits per heavy atom. The van der Waals surface area contributed by atoms with Crippen LogP contribution in [0, 0.1) is 6.92 Å². The van der Waals surface area contributed by atoms with E-state index in [2.05, 4.69) is 5.32 Å². The highest BCUT2D eigenvalue weighted by Crippen LogP contribution is 2.16. The van der Waals surface area contributed by atoms with Crippen molar-refractivity contribution in [2.24, 2.45) is 0 Å². The monoisotopic (exact) mass is 360 g/mol. The third-order valence-electron chi connectivity index (χ3n) is 3.72. The molecule has 2 rings (SSSR count). The maximum Gasteiger partial charge on any atom is 0.253 e. The summed E-state index contributed by atoms with van der Waals surface area (Å²) in [5.74, 6) is 0.229. The average molecular weight is 361 g/mol. The van der Waals surface area contributed by atoms with Gasteiger partial charge >= 0.3 is 0 Å². The van der Waals surface area contributed by atoms with Crippen LogP contribution in [-0.4, -0.2) is 43.5 Å². The molecule has 0 spiro atoms. The number of nitrogens with one attached hydrogen (secondary N) is 1. The Labute approximate surface area is 152 Å². The fourth-order valence-electron chi connectivity index (χ4n) is 2.17. The molecule has 6 heteroatoms. The summed E-state index contributed by atoms with van der Waals surface area (Å²) in [6.45, 7) is 2.68. The Morgan fingerprint density at radius 1 is 1.12 bits per heavy atom. The van der Waals surface area contributed by atoms with E-state index >= 15 is 0 Å². The van der Waals surface area contributed by atoms with Gasteiger partial charge in [0, 0.05) is 7.05 Å². The minimum absolute atomic E-state index is 0.0923. The van der Waals surface area contributed by atoms with Crippen LogP contribution in [0.2, 0.25) is 5.02 Å². The van der Waals surface area contributed by atoms with Crippen molar-refractivity contribution in [2.45, 2.75) is 6.92 Å². The Balaban J connectivity index is 1.76. The van der Waals surface area contributed by atoms with Crippen LogP contribution in [0.15, 0.2) is 48.5 Å². The maximum absolute atomic E-state index is 12.1. The van der Waals surface area contributed by atoms with Gasteiger partial charge in [-0.05, 0) is 30.7 Å². The number of para-hydroxylation sites is 1. The van der Waals surface area contributed by atoms with Gasteiger partial charge < -0.3 is 15.0 Å². The van der Waals surface area contributed by atoms with E-state index in [0.29, 0.717) is 23.7 Å². The van der Waals surface area contributed by atoms with Gasteiger partial charge in [-0.2, -0.15) is 0 Å². The number of carbonyl (C=O) groups excluding carboxylic acids is 2. The van der Waals surface area contributed by atoms with Gasteiger partial charge in [0.1, 0.15) is 12.4 Å². The highest BCUT2D eigenvalue weighted by atomic mass is 35.5. The lowest BCUT2D eigenvalue weighted by Crippen LogP contribution is -2.39. The number of hydrogen-bond donors (Lipinski definition) is 1. The summed E-state index contributed by atoms with van der Waals surface area (Å²) in [6, 6.07) is 14.4. The summed E-state index contributed by atoms with van der Waals surface area (Å²) in [5, 5.41) is 2.94. The molecule has 2 aromatic carbocycles. The molecule has 25 heavy (non-hydrogen) atoms. The highest BCUT2D eigenvalue weighted by molar-refractivity contribution is 6.33. The van der Waals surface area contributed by atoms with Gasteiger partial charge in [0.25, 0.3) is 5.91 Å². The minimum Gasteiger partial charge on any atom is -0.491 e. The van der Waals surface area contributed by atoms with E-state index < -0.39 is 0 Å². The van der Waals surface area contributed by atoms with E-state index in [-0.39, 0.29) is 18.4 Å². The summed E-state index contributed by atoms with van der Waals surface area (Å²) in [5.41, 5.74) is 1.39. The maximum atomic E-state index is 12.1. The van der Waals surface area contributed by atoms with Crippen LogP contribution in [-0.2, 0) is 4.79 Å². The van der Waals surface area contributed by atoms with Crippen molar-refractivity contribution in [2.75, 3.05) is 26.7 Å². The van der Waals surface area contributed by atoms with Gasteiger partial charge in [-0.25, -0.2) is 0 Å². The second kappa shape index (κ2) is 9.08. The van der Waals surface area contributed by atoms with Crippen LogP contribution in [0.1, 0.15) is 15.9 Å². The van der Waals surface area contributed by atoms with Crippen LogP contribution in [0.3, 0.4) is 0 Å². The first-order valence-electron chi connectivity index (χ1n) is 7.94. The van der Waals surface area contributed by atoms with E-state index in [4.69, 9.17) is 16.3 Å². The number of ether oxygens (including phenoxy) is 1. The molecule has 0 aliphatic carbocycles. The lowest BCUT2D eigenvalue weighted by Gasteiger charge is -2.18. The molecule has 0 fully saturated rings. The third kappa shape index (κ3) is 5.50. The topological polar surface area (TPSA) is 58.6 Å². The molecule has 0 atom stereocenters. The van der Waals surface area contributed by atoms with E-state index in [1.165, 1.54) is 4.90 Å². The standard InChI is InChI=1S/C19H21ClN2O3/c1-14-7-3-6-10-17(14)25-12-11-22(2)18(23)13-21-19(24)15-8-4-5-9-16(15)20/h3-10H,11-13H2,1-2H3,(H,21,24). The number of nitrogens with zero attached hydrogens (tertiary/aromatic N) is 1. The summed E-state index contributed by atoms with van der Waals surface area (Å²) in [6.07, 6.45) is 0. The SMILES string of the molecule is Cc1ccccc1OCCN(C)C(=O)CNC(=O)c1ccccc1Cl. The molecule has 0 saturated carbocycles. The van der Waals surface area contributed by atoms with E-state index in [1.54, 1.807) is 31.3 Å². The lowest BCUT2D eigenvalue weighted by atomic mass is 10.2. The van der Waals surface area contributed by atoms with Crippen molar-refractivity contribution >= 4 is 23.4 Å². The van der Waals surface area contributed by atoms with Crippen molar-refractivity contribution in [1.29, 1.82) is 0 Å². The van der Waals surface area contributed by atoms with Gasteiger partial charge in [-0.1, -0.05) is 41.9 Å². The highest BCUT2D eigenvalue weighted by Gasteiger charge is 2.13. The van der Waals surface area contributed by atoms with Gasteiger partial charge in [0.15, 0.2) is 0 Å². The first kappa shape index (κ1) is 18.8. The lowest BCUT2D eigenvalue weighted by molar-refractivity contribution is -0.129. The second-order valence-corrected chi connectivity index (χ2v) is 6.00. The van der Waals surface area contributed by atoms with Crippen LogP contribution >= 0.6 is 11.6 Å². The number of amides is 2. The quantitative estimate of drug-likeness (QED) is 0.826. The average Bonchev–Trinajstić information content (AvgIpc) is 2.61. The fourth-order valence-corrected chi connectivity index (χ4v) is 2.39. The van der Waals surface area contributed by atoms with Crippen LogP contribution in [0.4, 0.5) is 0 Å². The number of aryl methyl sites for hydroxylation is 1. The summed E-state index contributed by atoms with van der Waals surface area (Å²) in [7, 11) is 1.67. The molecule has 1 N–H and O–H groups in total. The first-order chi connectivity index (χ1) is 12.0. The fraction of sp³-hybridized carbons (Fsp3) is 0.263. The molecule has 0 radical (unpaired) electrons. The zero-order valence-corrected chi connectivity index (χ0v) is 15.0. The summed E-state index contributed by atoms with van der Waals surface area (Å²) in [4.78, 5) is 25.7. The number of hydrogen-bond acceptors (Lipinski definition) is 3. The Hall–Kier alpha value is -2.53. The number of halogens is 1. The Morgan fingerprint density at radius 2 is 1.80 bits per heavy atom. The van der Waals surface area contributed by atoms with Crippen molar-refractivity contribution in [1.82, 2.24) is 10.2 Å². The molecule has 2 aromatic rings. The smallest absolute Gasteiger partial charge is 0.253 e. The molecule has 0 bridgehead atoms.